The molecular weight excluding hydrogens is 632 g/mol. The van der Waals surface area contributed by atoms with Gasteiger partial charge in [0.25, 0.3) is 5.70 Å². The Balaban J connectivity index is 0.000000837. The lowest BCUT2D eigenvalue weighted by Crippen LogP contribution is -2.15. The van der Waals surface area contributed by atoms with E-state index in [1.807, 2.05) is 0 Å². The van der Waals surface area contributed by atoms with Crippen molar-refractivity contribution < 1.29 is 56.2 Å². The number of hydrogen-bond donors (Lipinski definition) is 0. The van der Waals surface area contributed by atoms with E-state index in [-0.39, 0.29) is 58.1 Å². The van der Waals surface area contributed by atoms with Crippen molar-refractivity contribution >= 4 is 42.3 Å². The Labute approximate surface area is 274 Å². The van der Waals surface area contributed by atoms with Crippen LogP contribution in [0.4, 0.5) is 0 Å². The molecular formula is C32H28N4O12. The Morgan fingerprint density at radius 3 is 1.69 bits per heavy atom. The highest BCUT2D eigenvalue weighted by molar-refractivity contribution is 5.97. The third kappa shape index (κ3) is 17.8. The number of carbonyl (C=O) groups is 5. The van der Waals surface area contributed by atoms with Gasteiger partial charge < -0.3 is 37.0 Å². The molecule has 16 heteroatoms. The van der Waals surface area contributed by atoms with Crippen molar-refractivity contribution in [2.45, 2.75) is 13.8 Å². The van der Waals surface area contributed by atoms with Crippen molar-refractivity contribution in [2.24, 2.45) is 0 Å². The van der Waals surface area contributed by atoms with Gasteiger partial charge in [-0.25, -0.2) is 21.0 Å². The van der Waals surface area contributed by atoms with Gasteiger partial charge in [0, 0.05) is 6.08 Å². The van der Waals surface area contributed by atoms with Gasteiger partial charge in [-0.2, -0.15) is 10.5 Å². The van der Waals surface area contributed by atoms with Gasteiger partial charge in [-0.1, -0.05) is 7.43 Å². The molecule has 0 unspecified atom stereocenters. The molecule has 0 spiro atoms. The number of aldehydes is 1. The maximum absolute atomic E-state index is 11.8. The summed E-state index contributed by atoms with van der Waals surface area (Å²) < 4.78 is 33.3. The van der Waals surface area contributed by atoms with Crippen LogP contribution in [0.15, 0.2) is 79.7 Å². The summed E-state index contributed by atoms with van der Waals surface area (Å²) >= 11 is 0. The summed E-state index contributed by atoms with van der Waals surface area (Å²) in [6, 6.07) is 13.0. The topological polar surface area (TPSA) is 218 Å². The first-order valence-electron chi connectivity index (χ1n) is 12.9. The summed E-state index contributed by atoms with van der Waals surface area (Å²) in [7, 11) is 0. The Morgan fingerprint density at radius 1 is 0.750 bits per heavy atom. The van der Waals surface area contributed by atoms with E-state index in [1.54, 1.807) is 48.5 Å². The smallest absolute Gasteiger partial charge is 0.387 e. The molecule has 0 aliphatic heterocycles. The van der Waals surface area contributed by atoms with Gasteiger partial charge in [0.1, 0.15) is 56.0 Å². The van der Waals surface area contributed by atoms with Crippen LogP contribution in [-0.4, -0.2) is 63.1 Å². The van der Waals surface area contributed by atoms with Crippen LogP contribution < -0.4 is 0 Å². The second kappa shape index (κ2) is 25.2. The first-order chi connectivity index (χ1) is 22.8. The molecule has 3 rings (SSSR count). The molecule has 16 nitrogen and oxygen atoms in total. The molecule has 0 aliphatic carbocycles. The molecule has 0 fully saturated rings. The van der Waals surface area contributed by atoms with Gasteiger partial charge in [0.05, 0.1) is 31.4 Å². The van der Waals surface area contributed by atoms with Crippen LogP contribution in [0.1, 0.15) is 35.9 Å². The Kier molecular flexibility index (Phi) is 21.4. The maximum atomic E-state index is 11.8. The Hall–Kier alpha value is -7.17. The molecule has 0 bridgehead atoms. The van der Waals surface area contributed by atoms with Crippen LogP contribution in [-0.2, 0) is 38.1 Å². The first-order valence-corrected chi connectivity index (χ1v) is 12.9. The van der Waals surface area contributed by atoms with Crippen molar-refractivity contribution in [3.63, 3.8) is 0 Å². The van der Waals surface area contributed by atoms with E-state index in [0.717, 1.165) is 0 Å². The van der Waals surface area contributed by atoms with E-state index in [4.69, 9.17) is 42.0 Å². The first kappa shape index (κ1) is 40.8. The number of furan rings is 3. The molecule has 0 aliphatic rings. The van der Waals surface area contributed by atoms with E-state index in [9.17, 15) is 24.0 Å². The summed E-state index contributed by atoms with van der Waals surface area (Å²) in [5, 5.41) is 17.1. The van der Waals surface area contributed by atoms with Gasteiger partial charge in [0.2, 0.25) is 0 Å². The number of rotatable bonds is 13. The third-order valence-electron chi connectivity index (χ3n) is 4.57. The fraction of sp³-hybridized carbons (Fsp3) is 0.219. The summed E-state index contributed by atoms with van der Waals surface area (Å²) in [6.07, 6.45) is 7.08. The second-order valence-electron chi connectivity index (χ2n) is 7.84. The highest BCUT2D eigenvalue weighted by Crippen LogP contribution is 2.11. The number of nitriles is 2. The summed E-state index contributed by atoms with van der Waals surface area (Å²) in [5.74, 6) is -2.03. The van der Waals surface area contributed by atoms with Crippen LogP contribution in [0.5, 0.6) is 0 Å². The standard InChI is InChI=1S/C18H12N2O6.C8H8N2O4.C5H4O2.CH4/c1-20-16(11-15-5-3-7-24-15)18(22)26-9-8-25-17(21)13(12-19)10-14-4-2-6-23-14;1-10-6-8(12)14-5-4-13-7(11)2-3-9;6-4-5-2-1-3-7-5;/h2-7,10-11H,8-9H2;2,4-6H2;1-4H;1H4/b13-10+,16-11-;;;. The molecule has 0 amide bonds. The van der Waals surface area contributed by atoms with Gasteiger partial charge in [-0.3, -0.25) is 14.4 Å². The monoisotopic (exact) mass is 660 g/mol. The van der Waals surface area contributed by atoms with Gasteiger partial charge in [-0.15, -0.1) is 0 Å². The van der Waals surface area contributed by atoms with Crippen molar-refractivity contribution in [1.82, 2.24) is 0 Å². The van der Waals surface area contributed by atoms with E-state index in [2.05, 4.69) is 23.6 Å². The highest BCUT2D eigenvalue weighted by atomic mass is 16.6. The predicted octanol–water partition coefficient (Wildman–Crippen LogP) is 4.46. The van der Waals surface area contributed by atoms with Crippen LogP contribution in [0, 0.1) is 35.8 Å². The Bertz CT molecular complexity index is 1550. The quantitative estimate of drug-likeness (QED) is 0.0470. The van der Waals surface area contributed by atoms with Gasteiger partial charge in [0.15, 0.2) is 12.0 Å². The Morgan fingerprint density at radius 2 is 1.25 bits per heavy atom. The average Bonchev–Trinajstić information content (AvgIpc) is 3.88. The van der Waals surface area contributed by atoms with E-state index in [0.29, 0.717) is 23.6 Å². The molecule has 0 N–H and O–H groups in total. The van der Waals surface area contributed by atoms with Crippen LogP contribution >= 0.6 is 0 Å². The van der Waals surface area contributed by atoms with Crippen molar-refractivity contribution in [2.75, 3.05) is 33.0 Å². The lowest BCUT2D eigenvalue weighted by molar-refractivity contribution is -0.150. The van der Waals surface area contributed by atoms with Crippen LogP contribution in [0.3, 0.4) is 0 Å². The zero-order chi connectivity index (χ0) is 34.7. The van der Waals surface area contributed by atoms with E-state index < -0.39 is 23.9 Å². The van der Waals surface area contributed by atoms with Crippen molar-refractivity contribution in [1.29, 1.82) is 10.5 Å². The molecule has 0 atom stereocenters. The number of ether oxygens (including phenoxy) is 4. The minimum atomic E-state index is -0.878. The molecule has 0 saturated carbocycles. The second-order valence-corrected chi connectivity index (χ2v) is 7.84. The van der Waals surface area contributed by atoms with Crippen molar-refractivity contribution in [3.05, 3.63) is 107 Å². The third-order valence-corrected chi connectivity index (χ3v) is 4.57. The van der Waals surface area contributed by atoms with Crippen molar-refractivity contribution in [3.8, 4) is 12.1 Å². The molecule has 3 aromatic heterocycles. The zero-order valence-electron chi connectivity index (χ0n) is 24.4. The largest absolute Gasteiger partial charge is 0.467 e. The van der Waals surface area contributed by atoms with Gasteiger partial charge >= 0.3 is 30.4 Å². The fourth-order valence-electron chi connectivity index (χ4n) is 2.61. The van der Waals surface area contributed by atoms with E-state index in [1.165, 1.54) is 30.9 Å². The molecule has 3 heterocycles. The number of nitrogens with zero attached hydrogens (tertiary/aromatic N) is 4. The lowest BCUT2D eigenvalue weighted by atomic mass is 10.2. The maximum Gasteiger partial charge on any atom is 0.387 e. The normalized spacial score (nSPS) is 9.75. The predicted molar refractivity (Wildman–Crippen MR) is 162 cm³/mol. The zero-order valence-corrected chi connectivity index (χ0v) is 24.4. The number of esters is 4. The SMILES string of the molecule is C.O=Cc1ccco1.[C-]#[N+]/C(=C\c1ccco1)C(=O)OCCOC(=O)/C(C#N)=C/c1ccco1.[C-]#[N+]CC(=O)OCCOC(=O)CC#N. The molecule has 3 aromatic rings. The minimum absolute atomic E-state index is 0. The molecule has 48 heavy (non-hydrogen) atoms. The number of hydrogen-bond acceptors (Lipinski definition) is 14. The van der Waals surface area contributed by atoms with Gasteiger partial charge in [-0.05, 0) is 42.5 Å². The van der Waals surface area contributed by atoms with Crippen LogP contribution in [0.25, 0.3) is 21.8 Å². The summed E-state index contributed by atoms with van der Waals surface area (Å²) in [4.78, 5) is 60.4. The summed E-state index contributed by atoms with van der Waals surface area (Å²) in [6.45, 7) is 12.3. The molecule has 0 radical (unpaired) electrons. The minimum Gasteiger partial charge on any atom is -0.467 e. The summed E-state index contributed by atoms with van der Waals surface area (Å²) in [5.41, 5.74) is -0.535. The highest BCUT2D eigenvalue weighted by Gasteiger charge is 2.15. The average molecular weight is 661 g/mol. The fourth-order valence-corrected chi connectivity index (χ4v) is 2.61. The molecule has 248 valence electrons. The number of carbonyl (C=O) groups excluding carboxylic acids is 5. The lowest BCUT2D eigenvalue weighted by Gasteiger charge is -2.05. The van der Waals surface area contributed by atoms with E-state index >= 15 is 0 Å². The molecule has 0 aromatic carbocycles. The molecule has 0 saturated heterocycles. The van der Waals surface area contributed by atoms with Crippen LogP contribution in [0.2, 0.25) is 0 Å².